The molecule has 1 fully saturated rings. The monoisotopic (exact) mass is 384 g/mol. The van der Waals surface area contributed by atoms with E-state index in [0.717, 1.165) is 12.1 Å². The quantitative estimate of drug-likeness (QED) is 0.762. The maximum absolute atomic E-state index is 13.8. The van der Waals surface area contributed by atoms with Crippen LogP contribution in [0.2, 0.25) is 0 Å². The standard InChI is InChI=1S/C21H25FN4O2/c22-18-8-2-1-6-15(18)12-16(23)13-20(27)26-11-5-9-19(26)21(28)25-14-17-7-3-4-10-24-17/h1-4,6-8,10,16,19H,5,9,11-14,23H2,(H,25,28)/t16-,19+/m1/s1. The zero-order valence-corrected chi connectivity index (χ0v) is 15.7. The number of nitrogens with one attached hydrogen (secondary N) is 1. The van der Waals surface area contributed by atoms with Crippen LogP contribution in [0.15, 0.2) is 48.7 Å². The van der Waals surface area contributed by atoms with Crippen molar-refractivity contribution in [2.75, 3.05) is 6.54 Å². The number of pyridine rings is 1. The Kier molecular flexibility index (Phi) is 6.71. The molecule has 0 aliphatic carbocycles. The Balaban J connectivity index is 1.53. The van der Waals surface area contributed by atoms with Crippen LogP contribution in [0.4, 0.5) is 4.39 Å². The second-order valence-electron chi connectivity index (χ2n) is 7.04. The lowest BCUT2D eigenvalue weighted by Gasteiger charge is -2.25. The van der Waals surface area contributed by atoms with Crippen molar-refractivity contribution in [1.82, 2.24) is 15.2 Å². The van der Waals surface area contributed by atoms with Crippen molar-refractivity contribution in [1.29, 1.82) is 0 Å². The molecule has 2 heterocycles. The van der Waals surface area contributed by atoms with Crippen molar-refractivity contribution in [2.24, 2.45) is 5.73 Å². The van der Waals surface area contributed by atoms with Gasteiger partial charge in [-0.3, -0.25) is 14.6 Å². The molecule has 0 bridgehead atoms. The summed E-state index contributed by atoms with van der Waals surface area (Å²) in [6, 6.07) is 10.9. The number of hydrogen-bond acceptors (Lipinski definition) is 4. The molecule has 0 spiro atoms. The first-order valence-corrected chi connectivity index (χ1v) is 9.50. The van der Waals surface area contributed by atoms with Gasteiger partial charge in [0, 0.05) is 25.2 Å². The lowest BCUT2D eigenvalue weighted by Crippen LogP contribution is -2.47. The number of halogens is 1. The highest BCUT2D eigenvalue weighted by Gasteiger charge is 2.34. The Labute approximate surface area is 163 Å². The summed E-state index contributed by atoms with van der Waals surface area (Å²) in [4.78, 5) is 31.0. The number of aromatic nitrogens is 1. The highest BCUT2D eigenvalue weighted by molar-refractivity contribution is 5.88. The molecule has 1 aromatic heterocycles. The summed E-state index contributed by atoms with van der Waals surface area (Å²) in [5.41, 5.74) is 7.33. The van der Waals surface area contributed by atoms with Gasteiger partial charge in [0.15, 0.2) is 0 Å². The van der Waals surface area contributed by atoms with Gasteiger partial charge >= 0.3 is 0 Å². The Bertz CT molecular complexity index is 815. The van der Waals surface area contributed by atoms with Crippen molar-refractivity contribution >= 4 is 11.8 Å². The second kappa shape index (κ2) is 9.41. The fourth-order valence-electron chi connectivity index (χ4n) is 3.50. The van der Waals surface area contributed by atoms with Crippen LogP contribution in [0.5, 0.6) is 0 Å². The minimum Gasteiger partial charge on any atom is -0.349 e. The van der Waals surface area contributed by atoms with Crippen molar-refractivity contribution < 1.29 is 14.0 Å². The van der Waals surface area contributed by atoms with Crippen LogP contribution >= 0.6 is 0 Å². The van der Waals surface area contributed by atoms with Crippen LogP contribution in [0, 0.1) is 5.82 Å². The molecule has 1 aliphatic rings. The van der Waals surface area contributed by atoms with Crippen LogP contribution in [0.1, 0.15) is 30.5 Å². The second-order valence-corrected chi connectivity index (χ2v) is 7.04. The molecular formula is C21H25FN4O2. The summed E-state index contributed by atoms with van der Waals surface area (Å²) < 4.78 is 13.8. The molecule has 2 amide bonds. The van der Waals surface area contributed by atoms with Crippen LogP contribution in [0.3, 0.4) is 0 Å². The highest BCUT2D eigenvalue weighted by Crippen LogP contribution is 2.20. The summed E-state index contributed by atoms with van der Waals surface area (Å²) in [5.74, 6) is -0.670. The summed E-state index contributed by atoms with van der Waals surface area (Å²) >= 11 is 0. The van der Waals surface area contributed by atoms with Gasteiger partial charge in [0.05, 0.1) is 12.2 Å². The van der Waals surface area contributed by atoms with Crippen molar-refractivity contribution in [3.63, 3.8) is 0 Å². The van der Waals surface area contributed by atoms with Crippen LogP contribution in [0.25, 0.3) is 0 Å². The molecule has 0 unspecified atom stereocenters. The SMILES string of the molecule is N[C@@H](CC(=O)N1CCC[C@H]1C(=O)NCc1ccccn1)Cc1ccccc1F. The number of carbonyl (C=O) groups excluding carboxylic acids is 2. The van der Waals surface area contributed by atoms with Crippen LogP contribution in [-0.2, 0) is 22.6 Å². The number of nitrogens with two attached hydrogens (primary N) is 1. The van der Waals surface area contributed by atoms with E-state index in [4.69, 9.17) is 5.73 Å². The van der Waals surface area contributed by atoms with Gasteiger partial charge in [-0.05, 0) is 43.0 Å². The van der Waals surface area contributed by atoms with Gasteiger partial charge in [-0.25, -0.2) is 4.39 Å². The van der Waals surface area contributed by atoms with E-state index in [1.165, 1.54) is 6.07 Å². The minimum absolute atomic E-state index is 0.0817. The number of rotatable bonds is 7. The van der Waals surface area contributed by atoms with E-state index < -0.39 is 12.1 Å². The van der Waals surface area contributed by atoms with E-state index in [1.54, 1.807) is 29.3 Å². The van der Waals surface area contributed by atoms with Crippen molar-refractivity contribution in [2.45, 2.75) is 44.3 Å². The smallest absolute Gasteiger partial charge is 0.243 e. The molecular weight excluding hydrogens is 359 g/mol. The maximum atomic E-state index is 13.8. The molecule has 6 nitrogen and oxygen atoms in total. The van der Waals surface area contributed by atoms with Crippen molar-refractivity contribution in [3.05, 3.63) is 65.7 Å². The zero-order chi connectivity index (χ0) is 19.9. The first kappa shape index (κ1) is 19.9. The van der Waals surface area contributed by atoms with E-state index in [2.05, 4.69) is 10.3 Å². The normalized spacial score (nSPS) is 17.4. The molecule has 7 heteroatoms. The van der Waals surface area contributed by atoms with E-state index in [0.29, 0.717) is 25.1 Å². The van der Waals surface area contributed by atoms with Gasteiger partial charge in [-0.15, -0.1) is 0 Å². The number of likely N-dealkylation sites (tertiary alicyclic amines) is 1. The number of benzene rings is 1. The van der Waals surface area contributed by atoms with Gasteiger partial charge < -0.3 is 16.0 Å². The summed E-state index contributed by atoms with van der Waals surface area (Å²) in [5, 5.41) is 2.85. The lowest BCUT2D eigenvalue weighted by atomic mass is 10.0. The van der Waals surface area contributed by atoms with Crippen LogP contribution < -0.4 is 11.1 Å². The summed E-state index contributed by atoms with van der Waals surface area (Å²) in [6.07, 6.45) is 3.43. The van der Waals surface area contributed by atoms with Gasteiger partial charge in [0.1, 0.15) is 11.9 Å². The van der Waals surface area contributed by atoms with Gasteiger partial charge in [-0.1, -0.05) is 24.3 Å². The molecule has 1 saturated heterocycles. The number of carbonyl (C=O) groups is 2. The molecule has 2 atom stereocenters. The molecule has 0 radical (unpaired) electrons. The Hall–Kier alpha value is -2.80. The van der Waals surface area contributed by atoms with Crippen LogP contribution in [-0.4, -0.2) is 40.3 Å². The van der Waals surface area contributed by atoms with Gasteiger partial charge in [-0.2, -0.15) is 0 Å². The topological polar surface area (TPSA) is 88.3 Å². The molecule has 148 valence electrons. The minimum atomic E-state index is -0.498. The average Bonchev–Trinajstić information content (AvgIpc) is 3.19. The first-order chi connectivity index (χ1) is 13.5. The third-order valence-electron chi connectivity index (χ3n) is 4.92. The number of amides is 2. The highest BCUT2D eigenvalue weighted by atomic mass is 19.1. The number of nitrogens with zero attached hydrogens (tertiary/aromatic N) is 2. The fraction of sp³-hybridized carbons (Fsp3) is 0.381. The van der Waals surface area contributed by atoms with Crippen molar-refractivity contribution in [3.8, 4) is 0 Å². The maximum Gasteiger partial charge on any atom is 0.243 e. The molecule has 0 saturated carbocycles. The van der Waals surface area contributed by atoms with Gasteiger partial charge in [0.2, 0.25) is 11.8 Å². The average molecular weight is 384 g/mol. The fourth-order valence-corrected chi connectivity index (χ4v) is 3.50. The Morgan fingerprint density at radius 3 is 2.79 bits per heavy atom. The molecule has 1 aromatic carbocycles. The predicted octanol–water partition coefficient (Wildman–Crippen LogP) is 1.79. The van der Waals surface area contributed by atoms with E-state index in [9.17, 15) is 14.0 Å². The van der Waals surface area contributed by atoms with E-state index >= 15 is 0 Å². The summed E-state index contributed by atoms with van der Waals surface area (Å²) in [6.45, 7) is 0.859. The largest absolute Gasteiger partial charge is 0.349 e. The summed E-state index contributed by atoms with van der Waals surface area (Å²) in [7, 11) is 0. The third-order valence-corrected chi connectivity index (χ3v) is 4.92. The van der Waals surface area contributed by atoms with E-state index in [1.807, 2.05) is 18.2 Å². The molecule has 3 N–H and O–H groups in total. The number of hydrogen-bond donors (Lipinski definition) is 2. The van der Waals surface area contributed by atoms with Gasteiger partial charge in [0.25, 0.3) is 0 Å². The zero-order valence-electron chi connectivity index (χ0n) is 15.7. The molecule has 1 aliphatic heterocycles. The first-order valence-electron chi connectivity index (χ1n) is 9.50. The lowest BCUT2D eigenvalue weighted by molar-refractivity contribution is -0.138. The van der Waals surface area contributed by atoms with E-state index in [-0.39, 0.29) is 30.5 Å². The molecule has 2 aromatic rings. The molecule has 28 heavy (non-hydrogen) atoms. The Morgan fingerprint density at radius 1 is 1.25 bits per heavy atom. The third kappa shape index (κ3) is 5.13. The molecule has 3 rings (SSSR count). The Morgan fingerprint density at radius 2 is 2.04 bits per heavy atom. The predicted molar refractivity (Wildman–Crippen MR) is 104 cm³/mol.